The zero-order chi connectivity index (χ0) is 17.8. The molecule has 1 aliphatic heterocycles. The highest BCUT2D eigenvalue weighted by Gasteiger charge is 2.63. The van der Waals surface area contributed by atoms with Gasteiger partial charge in [0.05, 0.1) is 19.2 Å². The number of para-hydroxylation sites is 1. The number of methoxy groups -OCH3 is 1. The van der Waals surface area contributed by atoms with Crippen molar-refractivity contribution in [2.24, 2.45) is 16.7 Å². The molecule has 132 valence electrons. The summed E-state index contributed by atoms with van der Waals surface area (Å²) in [6.45, 7) is 5.86. The molecule has 1 aromatic heterocycles. The number of hydrogen-bond donors (Lipinski definition) is 1. The normalized spacial score (nSPS) is 27.0. The molecule has 2 aromatic rings. The van der Waals surface area contributed by atoms with E-state index in [1.165, 1.54) is 0 Å². The van der Waals surface area contributed by atoms with Crippen molar-refractivity contribution in [2.75, 3.05) is 26.8 Å². The predicted octanol–water partition coefficient (Wildman–Crippen LogP) is 2.72. The van der Waals surface area contributed by atoms with Crippen molar-refractivity contribution in [3.05, 3.63) is 36.0 Å². The van der Waals surface area contributed by atoms with Crippen LogP contribution in [-0.4, -0.2) is 47.7 Å². The second-order valence-electron chi connectivity index (χ2n) is 8.15. The molecule has 2 fully saturated rings. The molecule has 1 aromatic carbocycles. The Hall–Kier alpha value is -2.14. The fourth-order valence-corrected chi connectivity index (χ4v) is 5.08. The highest BCUT2D eigenvalue weighted by molar-refractivity contribution is 5.97. The van der Waals surface area contributed by atoms with E-state index >= 15 is 0 Å². The Morgan fingerprint density at radius 3 is 2.80 bits per heavy atom. The third-order valence-electron chi connectivity index (χ3n) is 6.12. The third-order valence-corrected chi connectivity index (χ3v) is 6.12. The Labute approximate surface area is 147 Å². The molecule has 0 unspecified atom stereocenters. The standard InChI is InChI=1S/C20H24N2O3/c1-19(2)10-20(12-23)11-22(9-17(19)20)18(24)15-8-16(25-3)13-6-4-5-7-14(13)21-15/h4-8,17,23H,9-12H2,1-3H3/t17-,20-/m1/s1. The molecule has 0 spiro atoms. The lowest BCUT2D eigenvalue weighted by Gasteiger charge is -2.55. The minimum atomic E-state index is -0.139. The van der Waals surface area contributed by atoms with Gasteiger partial charge in [-0.25, -0.2) is 4.98 Å². The van der Waals surface area contributed by atoms with Gasteiger partial charge >= 0.3 is 0 Å². The molecule has 0 bridgehead atoms. The fourth-order valence-electron chi connectivity index (χ4n) is 5.08. The van der Waals surface area contributed by atoms with E-state index in [4.69, 9.17) is 4.74 Å². The van der Waals surface area contributed by atoms with Gasteiger partial charge in [-0.3, -0.25) is 4.79 Å². The summed E-state index contributed by atoms with van der Waals surface area (Å²) in [6, 6.07) is 9.39. The fraction of sp³-hybridized carbons (Fsp3) is 0.500. The minimum Gasteiger partial charge on any atom is -0.496 e. The highest BCUT2D eigenvalue weighted by Crippen LogP contribution is 2.62. The summed E-state index contributed by atoms with van der Waals surface area (Å²) in [5.74, 6) is 0.923. The molecule has 5 nitrogen and oxygen atoms in total. The van der Waals surface area contributed by atoms with Crippen molar-refractivity contribution in [1.82, 2.24) is 9.88 Å². The van der Waals surface area contributed by atoms with E-state index in [0.29, 0.717) is 30.5 Å². The number of amides is 1. The van der Waals surface area contributed by atoms with Crippen LogP contribution in [0.2, 0.25) is 0 Å². The number of ether oxygens (including phenoxy) is 1. The van der Waals surface area contributed by atoms with Gasteiger partial charge in [-0.15, -0.1) is 0 Å². The van der Waals surface area contributed by atoms with Crippen LogP contribution in [0.1, 0.15) is 30.8 Å². The maximum atomic E-state index is 13.1. The maximum Gasteiger partial charge on any atom is 0.272 e. The zero-order valence-electron chi connectivity index (χ0n) is 15.0. The molecule has 4 rings (SSSR count). The van der Waals surface area contributed by atoms with Gasteiger partial charge in [-0.05, 0) is 29.9 Å². The van der Waals surface area contributed by atoms with Crippen molar-refractivity contribution in [1.29, 1.82) is 0 Å². The van der Waals surface area contributed by atoms with E-state index in [9.17, 15) is 9.90 Å². The third kappa shape index (κ3) is 2.33. The van der Waals surface area contributed by atoms with E-state index in [1.54, 1.807) is 13.2 Å². The smallest absolute Gasteiger partial charge is 0.272 e. The van der Waals surface area contributed by atoms with Crippen LogP contribution >= 0.6 is 0 Å². The Bertz CT molecular complexity index is 848. The molecule has 2 atom stereocenters. The summed E-state index contributed by atoms with van der Waals surface area (Å²) >= 11 is 0. The highest BCUT2D eigenvalue weighted by atomic mass is 16.5. The quantitative estimate of drug-likeness (QED) is 0.933. The molecule has 25 heavy (non-hydrogen) atoms. The molecule has 1 saturated heterocycles. The Morgan fingerprint density at radius 1 is 1.40 bits per heavy atom. The van der Waals surface area contributed by atoms with Crippen molar-refractivity contribution < 1.29 is 14.6 Å². The van der Waals surface area contributed by atoms with Gasteiger partial charge in [0.1, 0.15) is 11.4 Å². The number of aliphatic hydroxyl groups is 1. The van der Waals surface area contributed by atoms with Crippen molar-refractivity contribution >= 4 is 16.8 Å². The number of carbonyl (C=O) groups excluding carboxylic acids is 1. The van der Waals surface area contributed by atoms with Crippen LogP contribution in [0.3, 0.4) is 0 Å². The number of pyridine rings is 1. The molecule has 2 aliphatic rings. The van der Waals surface area contributed by atoms with Crippen LogP contribution in [0, 0.1) is 16.7 Å². The second kappa shape index (κ2) is 5.43. The van der Waals surface area contributed by atoms with Crippen LogP contribution in [0.5, 0.6) is 5.75 Å². The Morgan fingerprint density at radius 2 is 2.16 bits per heavy atom. The molecule has 1 N–H and O–H groups in total. The van der Waals surface area contributed by atoms with Gasteiger partial charge in [0.25, 0.3) is 5.91 Å². The SMILES string of the molecule is COc1cc(C(=O)N2C[C@@H]3C(C)(C)C[C@]3(CO)C2)nc2ccccc12. The lowest BCUT2D eigenvalue weighted by Crippen LogP contribution is -2.54. The minimum absolute atomic E-state index is 0.0814. The largest absolute Gasteiger partial charge is 0.496 e. The van der Waals surface area contributed by atoms with Gasteiger partial charge < -0.3 is 14.7 Å². The summed E-state index contributed by atoms with van der Waals surface area (Å²) in [5, 5.41) is 10.8. The van der Waals surface area contributed by atoms with Gasteiger partial charge in [-0.2, -0.15) is 0 Å². The van der Waals surface area contributed by atoms with E-state index in [0.717, 1.165) is 17.3 Å². The number of hydrogen-bond acceptors (Lipinski definition) is 4. The summed E-state index contributed by atoms with van der Waals surface area (Å²) in [4.78, 5) is 19.5. The Balaban J connectivity index is 1.67. The number of aromatic nitrogens is 1. The summed E-state index contributed by atoms with van der Waals surface area (Å²) in [5.41, 5.74) is 1.19. The first-order valence-corrected chi connectivity index (χ1v) is 8.74. The van der Waals surface area contributed by atoms with Gasteiger partial charge in [0, 0.05) is 30.0 Å². The number of fused-ring (bicyclic) bond motifs is 2. The van der Waals surface area contributed by atoms with Crippen molar-refractivity contribution in [2.45, 2.75) is 20.3 Å². The topological polar surface area (TPSA) is 62.7 Å². The molecular weight excluding hydrogens is 316 g/mol. The zero-order valence-corrected chi connectivity index (χ0v) is 15.0. The molecule has 0 radical (unpaired) electrons. The first kappa shape index (κ1) is 16.3. The predicted molar refractivity (Wildman–Crippen MR) is 95.6 cm³/mol. The average molecular weight is 340 g/mol. The van der Waals surface area contributed by atoms with Crippen LogP contribution in [0.15, 0.2) is 30.3 Å². The lowest BCUT2D eigenvalue weighted by atomic mass is 9.48. The average Bonchev–Trinajstić information content (AvgIpc) is 2.95. The lowest BCUT2D eigenvalue weighted by molar-refractivity contribution is -0.0977. The van der Waals surface area contributed by atoms with Crippen LogP contribution in [-0.2, 0) is 0 Å². The van der Waals surface area contributed by atoms with Crippen LogP contribution in [0.4, 0.5) is 0 Å². The van der Waals surface area contributed by atoms with Crippen molar-refractivity contribution in [3.63, 3.8) is 0 Å². The van der Waals surface area contributed by atoms with Gasteiger partial charge in [-0.1, -0.05) is 26.0 Å². The Kier molecular flexibility index (Phi) is 3.55. The van der Waals surface area contributed by atoms with Gasteiger partial charge in [0.2, 0.25) is 0 Å². The van der Waals surface area contributed by atoms with Crippen molar-refractivity contribution in [3.8, 4) is 5.75 Å². The number of nitrogens with zero attached hydrogens (tertiary/aromatic N) is 2. The monoisotopic (exact) mass is 340 g/mol. The van der Waals surface area contributed by atoms with Gasteiger partial charge in [0.15, 0.2) is 0 Å². The second-order valence-corrected chi connectivity index (χ2v) is 8.15. The van der Waals surface area contributed by atoms with Crippen LogP contribution < -0.4 is 4.74 Å². The summed E-state index contributed by atoms with van der Waals surface area (Å²) < 4.78 is 5.46. The first-order chi connectivity index (χ1) is 11.9. The summed E-state index contributed by atoms with van der Waals surface area (Å²) in [7, 11) is 1.61. The number of aliphatic hydroxyl groups excluding tert-OH is 1. The molecule has 5 heteroatoms. The molecule has 1 saturated carbocycles. The van der Waals surface area contributed by atoms with E-state index < -0.39 is 0 Å². The van der Waals surface area contributed by atoms with E-state index in [2.05, 4.69) is 18.8 Å². The van der Waals surface area contributed by atoms with E-state index in [-0.39, 0.29) is 23.3 Å². The summed E-state index contributed by atoms with van der Waals surface area (Å²) in [6.07, 6.45) is 0.958. The first-order valence-electron chi connectivity index (χ1n) is 8.74. The number of benzene rings is 1. The van der Waals surface area contributed by atoms with E-state index in [1.807, 2.05) is 29.2 Å². The molecule has 1 amide bonds. The number of likely N-dealkylation sites (tertiary alicyclic amines) is 1. The molecule has 1 aliphatic carbocycles. The van der Waals surface area contributed by atoms with Crippen LogP contribution in [0.25, 0.3) is 10.9 Å². The molecule has 2 heterocycles. The molecular formula is C20H24N2O3. The number of carbonyl (C=O) groups is 1. The number of rotatable bonds is 3. The maximum absolute atomic E-state index is 13.1.